The molecule has 0 radical (unpaired) electrons. The summed E-state index contributed by atoms with van der Waals surface area (Å²) in [5.74, 6) is -1.00. The Bertz CT molecular complexity index is 2010. The van der Waals surface area contributed by atoms with Gasteiger partial charge in [0.2, 0.25) is 0 Å². The molecule has 0 aliphatic heterocycles. The summed E-state index contributed by atoms with van der Waals surface area (Å²) in [6.07, 6.45) is 9.53. The number of hydrogen-bond acceptors (Lipinski definition) is 39. The van der Waals surface area contributed by atoms with E-state index in [-0.39, 0.29) is 25.4 Å². The average Bonchev–Trinajstić information content (AvgIpc) is 0.950. The molecular formula is C84H163NO40. The molecule has 1 amide bonds. The van der Waals surface area contributed by atoms with Crippen LogP contribution >= 0.6 is 0 Å². The predicted octanol–water partition coefficient (Wildman–Crippen LogP) is 2.67. The lowest BCUT2D eigenvalue weighted by Crippen LogP contribution is -2.31. The van der Waals surface area contributed by atoms with Gasteiger partial charge < -0.3 is 186 Å². The summed E-state index contributed by atoms with van der Waals surface area (Å²) in [6, 6.07) is 0. The normalized spacial score (nSPS) is 13.1. The molecule has 0 spiro atoms. The van der Waals surface area contributed by atoms with Crippen LogP contribution in [0.1, 0.15) is 38.5 Å². The van der Waals surface area contributed by atoms with Crippen molar-refractivity contribution in [3.05, 3.63) is 12.2 Å². The van der Waals surface area contributed by atoms with Crippen LogP contribution in [0.25, 0.3) is 0 Å². The zero-order valence-corrected chi connectivity index (χ0v) is 75.5. The molecule has 1 aliphatic rings. The largest absolute Gasteiger partial charge is 0.480 e. The Labute approximate surface area is 743 Å². The first-order valence-electron chi connectivity index (χ1n) is 44.8. The summed E-state index contributed by atoms with van der Waals surface area (Å²) in [7, 11) is 0. The van der Waals surface area contributed by atoms with E-state index in [1.807, 2.05) is 0 Å². The maximum Gasteiger partial charge on any atom is 0.407 e. The molecule has 0 heterocycles. The zero-order valence-electron chi connectivity index (χ0n) is 75.5. The van der Waals surface area contributed by atoms with Crippen molar-refractivity contribution in [3.8, 4) is 0 Å². The number of ether oxygens (including phenoxy) is 37. The molecule has 1 unspecified atom stereocenters. The number of carbonyl (C=O) groups excluding carboxylic acids is 1. The van der Waals surface area contributed by atoms with E-state index in [4.69, 9.17) is 180 Å². The molecule has 744 valence electrons. The van der Waals surface area contributed by atoms with Gasteiger partial charge in [-0.2, -0.15) is 0 Å². The molecule has 1 atom stereocenters. The first-order chi connectivity index (χ1) is 62.2. The first kappa shape index (κ1) is 120. The molecule has 0 saturated heterocycles. The van der Waals surface area contributed by atoms with Crippen LogP contribution in [-0.4, -0.2) is 506 Å². The molecule has 0 aromatic heterocycles. The van der Waals surface area contributed by atoms with Gasteiger partial charge in [-0.3, -0.25) is 0 Å². The highest BCUT2D eigenvalue weighted by Crippen LogP contribution is 2.15. The van der Waals surface area contributed by atoms with E-state index in [2.05, 4.69) is 17.5 Å². The van der Waals surface area contributed by atoms with Gasteiger partial charge in [0, 0.05) is 19.8 Å². The molecule has 0 aromatic carbocycles. The van der Waals surface area contributed by atoms with Crippen LogP contribution in [0, 0.1) is 0 Å². The molecule has 1 rings (SSSR count). The first-order valence-corrected chi connectivity index (χ1v) is 44.8. The molecule has 41 nitrogen and oxygen atoms in total. The van der Waals surface area contributed by atoms with Crippen molar-refractivity contribution in [3.63, 3.8) is 0 Å². The van der Waals surface area contributed by atoms with Crippen molar-refractivity contribution in [2.45, 2.75) is 44.6 Å². The van der Waals surface area contributed by atoms with Gasteiger partial charge in [-0.05, 0) is 38.5 Å². The molecule has 41 heteroatoms. The fourth-order valence-corrected chi connectivity index (χ4v) is 9.66. The van der Waals surface area contributed by atoms with Crippen molar-refractivity contribution in [2.75, 3.05) is 482 Å². The number of carbonyl (C=O) groups is 2. The third-order valence-corrected chi connectivity index (χ3v) is 16.0. The molecule has 0 saturated carbocycles. The van der Waals surface area contributed by atoms with Gasteiger partial charge in [0.1, 0.15) is 12.7 Å². The van der Waals surface area contributed by atoms with Gasteiger partial charge in [0.15, 0.2) is 0 Å². The van der Waals surface area contributed by atoms with Crippen molar-refractivity contribution < 1.29 is 190 Å². The molecule has 0 bridgehead atoms. The van der Waals surface area contributed by atoms with Crippen molar-refractivity contribution in [1.82, 2.24) is 5.32 Å². The second kappa shape index (κ2) is 112. The SMILES string of the molecule is O=C(O)COCCOCCOCCOCCOCCOCCOCCOCCOCCOCCOCCOCCOCCOCCOCCOCCOCCOCCOCCOCCOCCOCCOCCOCCOCCOCCCOCCOCCOCCOCCOCCOCCOCCOCCOCCOCCNC(=O)OC1CCC=CCCC1. The summed E-state index contributed by atoms with van der Waals surface area (Å²) in [5, 5.41) is 11.2. The van der Waals surface area contributed by atoms with Crippen LogP contribution in [-0.2, 0) is 180 Å². The topological polar surface area (TPSA) is 408 Å². The van der Waals surface area contributed by atoms with E-state index in [0.29, 0.717) is 469 Å². The summed E-state index contributed by atoms with van der Waals surface area (Å²) >= 11 is 0. The number of hydrogen-bond donors (Lipinski definition) is 2. The number of rotatable bonds is 112. The van der Waals surface area contributed by atoms with Crippen molar-refractivity contribution >= 4 is 12.1 Å². The maximum atomic E-state index is 12.0. The number of carboxylic acid groups (broad SMARTS) is 1. The van der Waals surface area contributed by atoms with Gasteiger partial charge in [0.25, 0.3) is 0 Å². The molecular weight excluding hydrogens is 1660 g/mol. The summed E-state index contributed by atoms with van der Waals surface area (Å²) in [6.45, 7) is 33.4. The van der Waals surface area contributed by atoms with Gasteiger partial charge in [-0.1, -0.05) is 12.2 Å². The van der Waals surface area contributed by atoms with Crippen molar-refractivity contribution in [1.29, 1.82) is 0 Å². The molecule has 1 aliphatic carbocycles. The summed E-state index contributed by atoms with van der Waals surface area (Å²) in [4.78, 5) is 22.3. The van der Waals surface area contributed by atoms with E-state index >= 15 is 0 Å². The minimum absolute atomic E-state index is 0.0199. The quantitative estimate of drug-likeness (QED) is 0.0653. The fourth-order valence-electron chi connectivity index (χ4n) is 9.66. The molecule has 2 N–H and O–H groups in total. The minimum Gasteiger partial charge on any atom is -0.480 e. The number of carboxylic acids is 1. The summed E-state index contributed by atoms with van der Waals surface area (Å²) < 4.78 is 204. The van der Waals surface area contributed by atoms with Gasteiger partial charge in [-0.15, -0.1) is 0 Å². The van der Waals surface area contributed by atoms with Gasteiger partial charge in [-0.25, -0.2) is 9.59 Å². The minimum atomic E-state index is -1.00. The number of aliphatic carboxylic acids is 1. The molecule has 0 aromatic rings. The van der Waals surface area contributed by atoms with Crippen LogP contribution in [0.15, 0.2) is 12.2 Å². The summed E-state index contributed by atoms with van der Waals surface area (Å²) in [5.41, 5.74) is 0. The lowest BCUT2D eigenvalue weighted by molar-refractivity contribution is -0.142. The van der Waals surface area contributed by atoms with Crippen LogP contribution in [0.4, 0.5) is 4.79 Å². The highest BCUT2D eigenvalue weighted by atomic mass is 16.6. The second-order valence-electron chi connectivity index (χ2n) is 26.2. The Morgan fingerprint density at radius 2 is 0.352 bits per heavy atom. The van der Waals surface area contributed by atoms with Crippen LogP contribution in [0.2, 0.25) is 0 Å². The Morgan fingerprint density at radius 3 is 0.528 bits per heavy atom. The number of alkyl carbamates (subject to hydrolysis) is 1. The van der Waals surface area contributed by atoms with E-state index in [0.717, 1.165) is 38.5 Å². The number of amides is 1. The standard InChI is InChI=1S/C84H163NO40/c86-83(87)81-124-80-79-123-78-77-122-76-75-121-74-73-120-72-71-119-70-69-118-68-67-117-66-65-116-64-63-115-62-61-114-60-59-113-58-57-112-56-55-111-54-53-110-52-51-109-50-49-108-48-47-107-46-45-106-44-43-105-42-41-104-40-38-102-35-32-99-29-26-96-23-20-93-17-14-90-11-6-10-89-13-16-92-19-22-95-25-28-98-31-34-101-37-39-103-36-33-100-30-27-97-24-21-94-18-15-91-12-9-85-84(88)125-82-7-4-2-1-3-5-8-82/h1-2,82H,3-81H2,(H,85,88)(H,86,87). The fraction of sp³-hybridized carbons (Fsp3) is 0.952. The van der Waals surface area contributed by atoms with E-state index in [1.54, 1.807) is 0 Å². The van der Waals surface area contributed by atoms with E-state index < -0.39 is 5.97 Å². The van der Waals surface area contributed by atoms with Crippen LogP contribution in [0.5, 0.6) is 0 Å². The van der Waals surface area contributed by atoms with Crippen LogP contribution < -0.4 is 5.32 Å². The zero-order chi connectivity index (χ0) is 88.9. The van der Waals surface area contributed by atoms with Crippen LogP contribution in [0.3, 0.4) is 0 Å². The smallest absolute Gasteiger partial charge is 0.407 e. The Kier molecular flexibility index (Phi) is 107. The molecule has 0 fully saturated rings. The lowest BCUT2D eigenvalue weighted by Gasteiger charge is -2.18. The lowest BCUT2D eigenvalue weighted by atomic mass is 10.0. The maximum absolute atomic E-state index is 12.0. The number of allylic oxidation sites excluding steroid dienone is 2. The molecule has 125 heavy (non-hydrogen) atoms. The monoisotopic (exact) mass is 1830 g/mol. The van der Waals surface area contributed by atoms with Gasteiger partial charge >= 0.3 is 12.1 Å². The Balaban J connectivity index is 1.58. The average molecular weight is 1830 g/mol. The highest BCUT2D eigenvalue weighted by Gasteiger charge is 2.15. The highest BCUT2D eigenvalue weighted by molar-refractivity contribution is 5.68. The Morgan fingerprint density at radius 1 is 0.200 bits per heavy atom. The number of nitrogens with one attached hydrogen (secondary N) is 1. The van der Waals surface area contributed by atoms with Crippen molar-refractivity contribution in [2.24, 2.45) is 0 Å². The second-order valence-corrected chi connectivity index (χ2v) is 26.2. The Hall–Kier alpha value is -2.96. The van der Waals surface area contributed by atoms with E-state index in [9.17, 15) is 9.59 Å². The van der Waals surface area contributed by atoms with Gasteiger partial charge in [0.05, 0.1) is 456 Å². The third-order valence-electron chi connectivity index (χ3n) is 16.0. The van der Waals surface area contributed by atoms with E-state index in [1.165, 1.54) is 0 Å². The predicted molar refractivity (Wildman–Crippen MR) is 452 cm³/mol. The third kappa shape index (κ3) is 110.